The molecular formula is C18H17ClN2OS. The van der Waals surface area contributed by atoms with Gasteiger partial charge in [0.05, 0.1) is 12.1 Å². The summed E-state index contributed by atoms with van der Waals surface area (Å²) in [5.74, 6) is 0.0267. The molecule has 2 aromatic heterocycles. The minimum absolute atomic E-state index is 0.0267. The molecule has 23 heavy (non-hydrogen) atoms. The lowest BCUT2D eigenvalue weighted by molar-refractivity contribution is -0.130. The Morgan fingerprint density at radius 2 is 2.09 bits per heavy atom. The van der Waals surface area contributed by atoms with E-state index in [2.05, 4.69) is 11.1 Å². The quantitative estimate of drug-likeness (QED) is 0.636. The maximum atomic E-state index is 12.0. The number of fused-ring (bicyclic) bond motifs is 1. The van der Waals surface area contributed by atoms with E-state index in [0.717, 1.165) is 21.3 Å². The van der Waals surface area contributed by atoms with Crippen molar-refractivity contribution >= 4 is 39.7 Å². The van der Waals surface area contributed by atoms with Gasteiger partial charge in [-0.3, -0.25) is 4.79 Å². The Morgan fingerprint density at radius 1 is 1.26 bits per heavy atom. The first-order chi connectivity index (χ1) is 11.0. The van der Waals surface area contributed by atoms with Gasteiger partial charge in [-0.05, 0) is 36.6 Å². The fourth-order valence-electron chi connectivity index (χ4n) is 2.50. The maximum absolute atomic E-state index is 12.0. The van der Waals surface area contributed by atoms with Crippen molar-refractivity contribution in [3.8, 4) is 0 Å². The number of hydrogen-bond donors (Lipinski definition) is 0. The van der Waals surface area contributed by atoms with Gasteiger partial charge in [0.1, 0.15) is 5.15 Å². The Labute approximate surface area is 144 Å². The van der Waals surface area contributed by atoms with E-state index in [-0.39, 0.29) is 5.91 Å². The number of rotatable bonds is 4. The first kappa shape index (κ1) is 16.0. The summed E-state index contributed by atoms with van der Waals surface area (Å²) in [7, 11) is 0. The number of hydrogen-bond acceptors (Lipinski definition) is 3. The molecule has 0 saturated carbocycles. The third kappa shape index (κ3) is 3.71. The molecule has 1 aromatic carbocycles. The van der Waals surface area contributed by atoms with E-state index in [9.17, 15) is 4.79 Å². The zero-order valence-corrected chi connectivity index (χ0v) is 14.6. The molecule has 0 N–H and O–H groups in total. The second-order valence-corrected chi connectivity index (χ2v) is 6.98. The van der Waals surface area contributed by atoms with Crippen LogP contribution in [0.3, 0.4) is 0 Å². The Morgan fingerprint density at radius 3 is 2.78 bits per heavy atom. The summed E-state index contributed by atoms with van der Waals surface area (Å²) in [6, 6.07) is 12.1. The third-order valence-electron chi connectivity index (χ3n) is 3.73. The van der Waals surface area contributed by atoms with Gasteiger partial charge in [0.15, 0.2) is 0 Å². The molecule has 0 atom stereocenters. The van der Waals surface area contributed by atoms with E-state index < -0.39 is 0 Å². The van der Waals surface area contributed by atoms with Crippen molar-refractivity contribution in [2.24, 2.45) is 0 Å². The second-order valence-electron chi connectivity index (χ2n) is 5.59. The molecule has 0 spiro atoms. The summed E-state index contributed by atoms with van der Waals surface area (Å²) < 4.78 is 0. The summed E-state index contributed by atoms with van der Waals surface area (Å²) in [6.45, 7) is 4.69. The molecule has 3 aromatic rings. The summed E-state index contributed by atoms with van der Waals surface area (Å²) in [5, 5.41) is 3.52. The third-order valence-corrected chi connectivity index (χ3v) is 4.92. The summed E-state index contributed by atoms with van der Waals surface area (Å²) >= 11 is 7.97. The van der Waals surface area contributed by atoms with Gasteiger partial charge in [-0.25, -0.2) is 4.98 Å². The molecule has 3 rings (SSSR count). The highest BCUT2D eigenvalue weighted by Gasteiger charge is 2.14. The average Bonchev–Trinajstić information content (AvgIpc) is 3.00. The number of pyridine rings is 1. The fraction of sp³-hybridized carbons (Fsp3) is 0.222. The van der Waals surface area contributed by atoms with Gasteiger partial charge >= 0.3 is 0 Å². The van der Waals surface area contributed by atoms with Crippen LogP contribution in [0, 0.1) is 6.92 Å². The van der Waals surface area contributed by atoms with Crippen LogP contribution in [0.4, 0.5) is 0 Å². The van der Waals surface area contributed by atoms with Gasteiger partial charge in [0.2, 0.25) is 5.91 Å². The minimum atomic E-state index is 0.0267. The zero-order chi connectivity index (χ0) is 16.4. The molecule has 0 aliphatic carbocycles. The van der Waals surface area contributed by atoms with E-state index >= 15 is 0 Å². The Bertz CT molecular complexity index is 846. The lowest BCUT2D eigenvalue weighted by atomic mass is 10.1. The van der Waals surface area contributed by atoms with Crippen LogP contribution in [0.15, 0.2) is 41.8 Å². The molecule has 0 aliphatic heterocycles. The minimum Gasteiger partial charge on any atom is -0.333 e. The number of aryl methyl sites for hydroxylation is 1. The van der Waals surface area contributed by atoms with E-state index in [1.807, 2.05) is 42.6 Å². The van der Waals surface area contributed by atoms with Crippen LogP contribution in [0.1, 0.15) is 22.9 Å². The standard InChI is InChI=1S/C18H17ClN2OS/c1-12-5-6-17-14(8-12)9-15(18(19)20-17)10-21(13(2)22)11-16-4-3-7-23-16/h3-9H,10-11H2,1-2H3. The lowest BCUT2D eigenvalue weighted by Gasteiger charge is -2.21. The number of carbonyl (C=O) groups excluding carboxylic acids is 1. The Kier molecular flexibility index (Phi) is 4.64. The van der Waals surface area contributed by atoms with Crippen LogP contribution < -0.4 is 0 Å². The number of nitrogens with zero attached hydrogens (tertiary/aromatic N) is 2. The predicted octanol–water partition coefficient (Wildman–Crippen LogP) is 4.81. The number of benzene rings is 1. The van der Waals surface area contributed by atoms with Gasteiger partial charge in [-0.1, -0.05) is 29.3 Å². The van der Waals surface area contributed by atoms with Crippen molar-refractivity contribution in [1.29, 1.82) is 0 Å². The molecule has 0 radical (unpaired) electrons. The molecular weight excluding hydrogens is 328 g/mol. The van der Waals surface area contributed by atoms with Crippen molar-refractivity contribution in [3.05, 3.63) is 62.9 Å². The van der Waals surface area contributed by atoms with E-state index in [1.165, 1.54) is 5.56 Å². The van der Waals surface area contributed by atoms with Crippen molar-refractivity contribution in [2.45, 2.75) is 26.9 Å². The van der Waals surface area contributed by atoms with E-state index in [0.29, 0.717) is 18.2 Å². The molecule has 0 aliphatic rings. The fourth-order valence-corrected chi connectivity index (χ4v) is 3.43. The maximum Gasteiger partial charge on any atom is 0.220 e. The number of aromatic nitrogens is 1. The monoisotopic (exact) mass is 344 g/mol. The molecule has 5 heteroatoms. The van der Waals surface area contributed by atoms with Crippen molar-refractivity contribution in [3.63, 3.8) is 0 Å². The average molecular weight is 345 g/mol. The molecule has 118 valence electrons. The van der Waals surface area contributed by atoms with Gasteiger partial charge in [-0.15, -0.1) is 11.3 Å². The summed E-state index contributed by atoms with van der Waals surface area (Å²) in [6.07, 6.45) is 0. The van der Waals surface area contributed by atoms with E-state index in [4.69, 9.17) is 11.6 Å². The lowest BCUT2D eigenvalue weighted by Crippen LogP contribution is -2.27. The zero-order valence-electron chi connectivity index (χ0n) is 13.0. The Hall–Kier alpha value is -1.91. The van der Waals surface area contributed by atoms with Crippen LogP contribution in [-0.2, 0) is 17.9 Å². The SMILES string of the molecule is CC(=O)N(Cc1cccs1)Cc1cc2cc(C)ccc2nc1Cl. The summed E-state index contributed by atoms with van der Waals surface area (Å²) in [4.78, 5) is 19.4. The smallest absolute Gasteiger partial charge is 0.220 e. The van der Waals surface area contributed by atoms with Crippen molar-refractivity contribution in [2.75, 3.05) is 0 Å². The van der Waals surface area contributed by atoms with Crippen molar-refractivity contribution < 1.29 is 4.79 Å². The van der Waals surface area contributed by atoms with Crippen LogP contribution in [-0.4, -0.2) is 15.8 Å². The van der Waals surface area contributed by atoms with E-state index in [1.54, 1.807) is 23.2 Å². The number of amides is 1. The van der Waals surface area contributed by atoms with Crippen molar-refractivity contribution in [1.82, 2.24) is 9.88 Å². The first-order valence-corrected chi connectivity index (χ1v) is 8.62. The largest absolute Gasteiger partial charge is 0.333 e. The van der Waals surface area contributed by atoms with Crippen LogP contribution in [0.5, 0.6) is 0 Å². The highest BCUT2D eigenvalue weighted by atomic mass is 35.5. The van der Waals surface area contributed by atoms with Crippen LogP contribution in [0.2, 0.25) is 5.15 Å². The molecule has 0 saturated heterocycles. The molecule has 0 bridgehead atoms. The second kappa shape index (κ2) is 6.69. The topological polar surface area (TPSA) is 33.2 Å². The highest BCUT2D eigenvalue weighted by Crippen LogP contribution is 2.24. The molecule has 1 amide bonds. The Balaban J connectivity index is 1.91. The summed E-state index contributed by atoms with van der Waals surface area (Å²) in [5.41, 5.74) is 2.92. The van der Waals surface area contributed by atoms with Gasteiger partial charge in [-0.2, -0.15) is 0 Å². The highest BCUT2D eigenvalue weighted by molar-refractivity contribution is 7.09. The van der Waals surface area contributed by atoms with Gasteiger partial charge < -0.3 is 4.90 Å². The number of halogens is 1. The van der Waals surface area contributed by atoms with Gasteiger partial charge in [0.25, 0.3) is 0 Å². The molecule has 0 unspecified atom stereocenters. The normalized spacial score (nSPS) is 10.9. The predicted molar refractivity (Wildman–Crippen MR) is 95.7 cm³/mol. The van der Waals surface area contributed by atoms with Crippen LogP contribution >= 0.6 is 22.9 Å². The van der Waals surface area contributed by atoms with Crippen LogP contribution in [0.25, 0.3) is 10.9 Å². The van der Waals surface area contributed by atoms with Gasteiger partial charge in [0, 0.05) is 29.3 Å². The number of thiophene rings is 1. The first-order valence-electron chi connectivity index (χ1n) is 7.36. The molecule has 0 fully saturated rings. The number of carbonyl (C=O) groups is 1. The molecule has 3 nitrogen and oxygen atoms in total. The molecule has 2 heterocycles.